The molecule has 0 N–H and O–H groups in total. The first-order valence-electron chi connectivity index (χ1n) is 7.58. The average molecular weight is 247 g/mol. The molecule has 0 aromatic heterocycles. The first-order valence-corrected chi connectivity index (χ1v) is 7.58. The molecule has 0 unspecified atom stereocenters. The maximum atomic E-state index is 2.49. The molecule has 0 aliphatic carbocycles. The van der Waals surface area contributed by atoms with Crippen LogP contribution in [0.2, 0.25) is 0 Å². The number of rotatable bonds is 8. The van der Waals surface area contributed by atoms with E-state index in [9.17, 15) is 0 Å². The molecule has 1 heteroatoms. The lowest BCUT2D eigenvalue weighted by Crippen LogP contribution is -2.22. The number of aryl methyl sites for hydroxylation is 2. The molecule has 102 valence electrons. The van der Waals surface area contributed by atoms with Crippen molar-refractivity contribution in [2.75, 3.05) is 13.1 Å². The molecule has 0 aliphatic heterocycles. The molecule has 1 nitrogen and oxygen atoms in total. The Morgan fingerprint density at radius 3 is 2.06 bits per heavy atom. The summed E-state index contributed by atoms with van der Waals surface area (Å²) in [7, 11) is 0. The Balaban J connectivity index is 2.88. The van der Waals surface area contributed by atoms with Crippen molar-refractivity contribution in [3.63, 3.8) is 0 Å². The maximum Gasteiger partial charge on any atom is 0.0236 e. The quantitative estimate of drug-likeness (QED) is 0.656. The molecular formula is C17H29N. The highest BCUT2D eigenvalue weighted by molar-refractivity contribution is 5.32. The molecule has 1 rings (SSSR count). The SMILES string of the molecule is CCCc1ccc(CN(CC)CC)c(CCC)c1. The molecule has 0 atom stereocenters. The molecule has 0 saturated carbocycles. The summed E-state index contributed by atoms with van der Waals surface area (Å²) < 4.78 is 0. The van der Waals surface area contributed by atoms with E-state index in [1.807, 2.05) is 0 Å². The van der Waals surface area contributed by atoms with Crippen molar-refractivity contribution in [1.29, 1.82) is 0 Å². The van der Waals surface area contributed by atoms with E-state index in [0.29, 0.717) is 0 Å². The number of hydrogen-bond donors (Lipinski definition) is 0. The Hall–Kier alpha value is -0.820. The standard InChI is InChI=1S/C17H29N/c1-5-9-15-11-12-17(14-18(7-3)8-4)16(13-15)10-6-2/h11-13H,5-10,14H2,1-4H3. The van der Waals surface area contributed by atoms with E-state index in [-0.39, 0.29) is 0 Å². The normalized spacial score (nSPS) is 11.2. The lowest BCUT2D eigenvalue weighted by molar-refractivity contribution is 0.295. The van der Waals surface area contributed by atoms with Gasteiger partial charge in [-0.1, -0.05) is 58.7 Å². The average Bonchev–Trinajstić information content (AvgIpc) is 2.39. The molecule has 0 bridgehead atoms. The van der Waals surface area contributed by atoms with Crippen molar-refractivity contribution in [3.8, 4) is 0 Å². The molecule has 0 heterocycles. The van der Waals surface area contributed by atoms with Gasteiger partial charge >= 0.3 is 0 Å². The highest BCUT2D eigenvalue weighted by Crippen LogP contribution is 2.17. The van der Waals surface area contributed by atoms with Gasteiger partial charge in [-0.2, -0.15) is 0 Å². The summed E-state index contributed by atoms with van der Waals surface area (Å²) in [5.41, 5.74) is 4.60. The molecule has 0 aliphatic rings. The maximum absolute atomic E-state index is 2.49. The topological polar surface area (TPSA) is 3.24 Å². The van der Waals surface area contributed by atoms with Crippen LogP contribution in [-0.2, 0) is 19.4 Å². The summed E-state index contributed by atoms with van der Waals surface area (Å²) in [5, 5.41) is 0. The van der Waals surface area contributed by atoms with Gasteiger partial charge in [0.05, 0.1) is 0 Å². The second kappa shape index (κ2) is 8.31. The van der Waals surface area contributed by atoms with E-state index in [2.05, 4.69) is 50.8 Å². The van der Waals surface area contributed by atoms with Gasteiger partial charge in [-0.3, -0.25) is 4.90 Å². The Morgan fingerprint density at radius 2 is 1.50 bits per heavy atom. The summed E-state index contributed by atoms with van der Waals surface area (Å²) in [6, 6.07) is 7.11. The van der Waals surface area contributed by atoms with Crippen molar-refractivity contribution in [2.24, 2.45) is 0 Å². The van der Waals surface area contributed by atoms with Crippen LogP contribution in [0.3, 0.4) is 0 Å². The van der Waals surface area contributed by atoms with Gasteiger partial charge < -0.3 is 0 Å². The molecule has 0 fully saturated rings. The Morgan fingerprint density at radius 1 is 0.833 bits per heavy atom. The van der Waals surface area contributed by atoms with Crippen LogP contribution in [0, 0.1) is 0 Å². The zero-order valence-electron chi connectivity index (χ0n) is 12.6. The summed E-state index contributed by atoms with van der Waals surface area (Å²) in [4.78, 5) is 2.49. The van der Waals surface area contributed by atoms with Gasteiger partial charge in [-0.05, 0) is 42.6 Å². The van der Waals surface area contributed by atoms with Crippen LogP contribution < -0.4 is 0 Å². The lowest BCUT2D eigenvalue weighted by Gasteiger charge is -2.20. The lowest BCUT2D eigenvalue weighted by atomic mass is 9.98. The fraction of sp³-hybridized carbons (Fsp3) is 0.647. The largest absolute Gasteiger partial charge is 0.300 e. The third kappa shape index (κ3) is 4.45. The van der Waals surface area contributed by atoms with Gasteiger partial charge in [0.15, 0.2) is 0 Å². The molecule has 1 aromatic carbocycles. The van der Waals surface area contributed by atoms with E-state index in [0.717, 1.165) is 19.6 Å². The smallest absolute Gasteiger partial charge is 0.0236 e. The van der Waals surface area contributed by atoms with Gasteiger partial charge in [-0.15, -0.1) is 0 Å². The zero-order chi connectivity index (χ0) is 13.4. The van der Waals surface area contributed by atoms with Crippen LogP contribution in [-0.4, -0.2) is 18.0 Å². The van der Waals surface area contributed by atoms with E-state index in [1.165, 1.54) is 36.8 Å². The number of hydrogen-bond acceptors (Lipinski definition) is 1. The van der Waals surface area contributed by atoms with Gasteiger partial charge in [-0.25, -0.2) is 0 Å². The van der Waals surface area contributed by atoms with Crippen LogP contribution in [0.25, 0.3) is 0 Å². The predicted molar refractivity (Wildman–Crippen MR) is 81.1 cm³/mol. The van der Waals surface area contributed by atoms with Crippen LogP contribution in [0.4, 0.5) is 0 Å². The fourth-order valence-electron chi connectivity index (χ4n) is 2.47. The Labute approximate surface area is 113 Å². The van der Waals surface area contributed by atoms with E-state index >= 15 is 0 Å². The Bertz CT molecular complexity index is 339. The molecule has 1 aromatic rings. The van der Waals surface area contributed by atoms with Gasteiger partial charge in [0.25, 0.3) is 0 Å². The predicted octanol–water partition coefficient (Wildman–Crippen LogP) is 4.43. The summed E-state index contributed by atoms with van der Waals surface area (Å²) >= 11 is 0. The molecular weight excluding hydrogens is 218 g/mol. The van der Waals surface area contributed by atoms with Gasteiger partial charge in [0, 0.05) is 6.54 Å². The molecule has 0 amide bonds. The van der Waals surface area contributed by atoms with Gasteiger partial charge in [0.1, 0.15) is 0 Å². The molecule has 0 saturated heterocycles. The number of nitrogens with zero attached hydrogens (tertiary/aromatic N) is 1. The first kappa shape index (κ1) is 15.2. The van der Waals surface area contributed by atoms with Crippen molar-refractivity contribution < 1.29 is 0 Å². The molecule has 0 radical (unpaired) electrons. The summed E-state index contributed by atoms with van der Waals surface area (Å²) in [5.74, 6) is 0. The zero-order valence-corrected chi connectivity index (χ0v) is 12.6. The monoisotopic (exact) mass is 247 g/mol. The van der Waals surface area contributed by atoms with E-state index < -0.39 is 0 Å². The van der Waals surface area contributed by atoms with Crippen LogP contribution in [0.1, 0.15) is 57.2 Å². The van der Waals surface area contributed by atoms with Crippen molar-refractivity contribution in [1.82, 2.24) is 4.90 Å². The Kier molecular flexibility index (Phi) is 7.04. The summed E-state index contributed by atoms with van der Waals surface area (Å²) in [6.45, 7) is 12.4. The van der Waals surface area contributed by atoms with Crippen LogP contribution in [0.15, 0.2) is 18.2 Å². The minimum Gasteiger partial charge on any atom is -0.300 e. The second-order valence-corrected chi connectivity index (χ2v) is 5.06. The van der Waals surface area contributed by atoms with Crippen molar-refractivity contribution in [2.45, 2.75) is 59.9 Å². The minimum atomic E-state index is 1.11. The van der Waals surface area contributed by atoms with Crippen LogP contribution >= 0.6 is 0 Å². The first-order chi connectivity index (χ1) is 8.74. The molecule has 18 heavy (non-hydrogen) atoms. The van der Waals surface area contributed by atoms with Crippen molar-refractivity contribution >= 4 is 0 Å². The third-order valence-corrected chi connectivity index (χ3v) is 3.62. The highest BCUT2D eigenvalue weighted by atomic mass is 15.1. The second-order valence-electron chi connectivity index (χ2n) is 5.06. The van der Waals surface area contributed by atoms with Gasteiger partial charge in [0.2, 0.25) is 0 Å². The fourth-order valence-corrected chi connectivity index (χ4v) is 2.47. The minimum absolute atomic E-state index is 1.11. The summed E-state index contributed by atoms with van der Waals surface area (Å²) in [6.07, 6.45) is 4.90. The third-order valence-electron chi connectivity index (χ3n) is 3.62. The van der Waals surface area contributed by atoms with Crippen LogP contribution in [0.5, 0.6) is 0 Å². The van der Waals surface area contributed by atoms with E-state index in [1.54, 1.807) is 5.56 Å². The number of benzene rings is 1. The highest BCUT2D eigenvalue weighted by Gasteiger charge is 2.07. The molecule has 0 spiro atoms. The van der Waals surface area contributed by atoms with E-state index in [4.69, 9.17) is 0 Å². The van der Waals surface area contributed by atoms with Crippen molar-refractivity contribution in [3.05, 3.63) is 34.9 Å².